The molecule has 0 aliphatic carbocycles. The van der Waals surface area contributed by atoms with Gasteiger partial charge in [0.25, 0.3) is 0 Å². The average molecular weight is 582 g/mol. The van der Waals surface area contributed by atoms with E-state index in [2.05, 4.69) is 49.2 Å². The van der Waals surface area contributed by atoms with Crippen molar-refractivity contribution < 1.29 is 8.42 Å². The van der Waals surface area contributed by atoms with Crippen LogP contribution in [0.4, 0.5) is 0 Å². The molecule has 0 unspecified atom stereocenters. The van der Waals surface area contributed by atoms with Crippen LogP contribution in [-0.4, -0.2) is 32.8 Å². The molecule has 5 heteroatoms. The third-order valence-corrected chi connectivity index (χ3v) is 22.2. The first kappa shape index (κ1) is 30.5. The SMILES string of the molecule is CCC[CH2][Sn]([CH]=C=C[C@@H](NS(=O)(=O)c1c(C)cc(C)cc1C)C(C)C)([CH2]CCC)[CH2]CCC. The number of benzene rings is 1. The Bertz CT molecular complexity index is 854. The van der Waals surface area contributed by atoms with Crippen molar-refractivity contribution in [3.05, 3.63) is 44.7 Å². The van der Waals surface area contributed by atoms with Crippen LogP contribution in [-0.2, 0) is 10.0 Å². The molecule has 0 aromatic heterocycles. The Hall–Kier alpha value is -0.551. The van der Waals surface area contributed by atoms with Gasteiger partial charge in [-0.15, -0.1) is 0 Å². The molecule has 0 heterocycles. The zero-order valence-corrected chi connectivity index (χ0v) is 26.2. The number of sulfonamides is 1. The third kappa shape index (κ3) is 9.91. The van der Waals surface area contributed by atoms with Crippen LogP contribution < -0.4 is 4.72 Å². The first-order valence-electron chi connectivity index (χ1n) is 13.1. The summed E-state index contributed by atoms with van der Waals surface area (Å²) < 4.78 is 36.3. The van der Waals surface area contributed by atoms with Gasteiger partial charge in [0.05, 0.1) is 0 Å². The van der Waals surface area contributed by atoms with E-state index in [9.17, 15) is 8.42 Å². The summed E-state index contributed by atoms with van der Waals surface area (Å²) in [6.07, 6.45) is 9.68. The van der Waals surface area contributed by atoms with E-state index in [1.165, 1.54) is 51.8 Å². The predicted molar refractivity (Wildman–Crippen MR) is 147 cm³/mol. The fourth-order valence-electron chi connectivity index (χ4n) is 4.70. The number of unbranched alkanes of at least 4 members (excludes halogenated alkanes) is 3. The predicted octanol–water partition coefficient (Wildman–Crippen LogP) is 8.01. The van der Waals surface area contributed by atoms with Gasteiger partial charge >= 0.3 is 210 Å². The maximum absolute atomic E-state index is 13.3. The van der Waals surface area contributed by atoms with Crippen molar-refractivity contribution >= 4 is 28.4 Å². The van der Waals surface area contributed by atoms with E-state index in [-0.39, 0.29) is 12.0 Å². The summed E-state index contributed by atoms with van der Waals surface area (Å²) in [7, 11) is -3.61. The molecule has 0 fully saturated rings. The number of hydrogen-bond acceptors (Lipinski definition) is 2. The van der Waals surface area contributed by atoms with Gasteiger partial charge in [0.1, 0.15) is 0 Å². The van der Waals surface area contributed by atoms with Crippen LogP contribution in [0.3, 0.4) is 0 Å². The molecule has 0 radical (unpaired) electrons. The molecule has 0 saturated carbocycles. The summed E-state index contributed by atoms with van der Waals surface area (Å²) in [6, 6.07) is 3.62. The molecule has 188 valence electrons. The average Bonchev–Trinajstić information content (AvgIpc) is 2.72. The summed E-state index contributed by atoms with van der Waals surface area (Å²) >= 11 is -2.43. The van der Waals surface area contributed by atoms with Gasteiger partial charge in [0, 0.05) is 0 Å². The Morgan fingerprint density at radius 1 is 0.909 bits per heavy atom. The zero-order chi connectivity index (χ0) is 25.1. The van der Waals surface area contributed by atoms with E-state index in [1.807, 2.05) is 39.0 Å². The number of nitrogens with one attached hydrogen (secondary N) is 1. The van der Waals surface area contributed by atoms with Crippen molar-refractivity contribution in [2.24, 2.45) is 5.92 Å². The molecule has 0 bridgehead atoms. The van der Waals surface area contributed by atoms with E-state index < -0.39 is 28.4 Å². The van der Waals surface area contributed by atoms with Crippen LogP contribution >= 0.6 is 0 Å². The first-order chi connectivity index (χ1) is 15.5. The molecule has 0 aliphatic heterocycles. The quantitative estimate of drug-likeness (QED) is 0.168. The molecule has 33 heavy (non-hydrogen) atoms. The summed E-state index contributed by atoms with van der Waals surface area (Å²) in [6.45, 7) is 16.8. The molecule has 1 rings (SSSR count). The molecular formula is C28H49NO2SSn. The van der Waals surface area contributed by atoms with Crippen LogP contribution in [0, 0.1) is 26.7 Å². The Balaban J connectivity index is 3.28. The molecule has 1 aromatic rings. The molecule has 1 atom stereocenters. The monoisotopic (exact) mass is 583 g/mol. The number of hydrogen-bond donors (Lipinski definition) is 1. The molecule has 3 nitrogen and oxygen atoms in total. The summed E-state index contributed by atoms with van der Waals surface area (Å²) in [5, 5.41) is 0. The van der Waals surface area contributed by atoms with E-state index in [4.69, 9.17) is 0 Å². The van der Waals surface area contributed by atoms with Gasteiger partial charge in [-0.05, 0) is 0 Å². The van der Waals surface area contributed by atoms with Gasteiger partial charge in [-0.25, -0.2) is 0 Å². The Morgan fingerprint density at radius 3 is 1.76 bits per heavy atom. The summed E-state index contributed by atoms with van der Waals surface area (Å²) in [5.41, 5.74) is 6.25. The van der Waals surface area contributed by atoms with Crippen molar-refractivity contribution in [3.63, 3.8) is 0 Å². The Labute approximate surface area is 209 Å². The topological polar surface area (TPSA) is 46.2 Å². The minimum atomic E-state index is -3.61. The van der Waals surface area contributed by atoms with Gasteiger partial charge in [0.2, 0.25) is 0 Å². The maximum atomic E-state index is 13.3. The van der Waals surface area contributed by atoms with Gasteiger partial charge in [-0.2, -0.15) is 0 Å². The molecule has 1 N–H and O–H groups in total. The van der Waals surface area contributed by atoms with Crippen molar-refractivity contribution in [1.82, 2.24) is 4.72 Å². The van der Waals surface area contributed by atoms with Crippen molar-refractivity contribution in [1.29, 1.82) is 0 Å². The van der Waals surface area contributed by atoms with E-state index in [1.54, 1.807) is 0 Å². The van der Waals surface area contributed by atoms with Crippen LogP contribution in [0.2, 0.25) is 13.3 Å². The Kier molecular flexibility index (Phi) is 13.6. The van der Waals surface area contributed by atoms with Crippen LogP contribution in [0.5, 0.6) is 0 Å². The van der Waals surface area contributed by atoms with Gasteiger partial charge in [0.15, 0.2) is 0 Å². The van der Waals surface area contributed by atoms with Crippen molar-refractivity contribution in [2.75, 3.05) is 0 Å². The minimum absolute atomic E-state index is 0.151. The standard InChI is InChI=1S/C16H22NO2S.3C4H9.Sn/c1-7-8-15(11(2)3)17-20(18,19)16-13(5)9-12(4)10-14(16)6;3*1-3-4-2;/h1,8-11,15,17H,2-6H3;3*1,3-4H2,2H3;/t7?,15-;;;;/m1..../s1. The van der Waals surface area contributed by atoms with Crippen LogP contribution in [0.15, 0.2) is 32.9 Å². The van der Waals surface area contributed by atoms with E-state index >= 15 is 0 Å². The normalized spacial score (nSPS) is 13.1. The van der Waals surface area contributed by atoms with Crippen molar-refractivity contribution in [2.45, 2.75) is 118 Å². The second-order valence-electron chi connectivity index (χ2n) is 10.3. The molecule has 1 aromatic carbocycles. The first-order valence-corrected chi connectivity index (χ1v) is 22.2. The molecule has 0 amide bonds. The van der Waals surface area contributed by atoms with Crippen LogP contribution in [0.25, 0.3) is 0 Å². The van der Waals surface area contributed by atoms with Crippen LogP contribution in [0.1, 0.15) is 89.8 Å². The van der Waals surface area contributed by atoms with Crippen molar-refractivity contribution in [3.8, 4) is 0 Å². The summed E-state index contributed by atoms with van der Waals surface area (Å²) in [4.78, 5) is 0.415. The zero-order valence-electron chi connectivity index (χ0n) is 22.6. The molecule has 0 aliphatic rings. The molecule has 0 saturated heterocycles. The van der Waals surface area contributed by atoms with Gasteiger partial charge in [-0.1, -0.05) is 0 Å². The molecule has 0 spiro atoms. The summed E-state index contributed by atoms with van der Waals surface area (Å²) in [5.74, 6) is 0.151. The third-order valence-electron chi connectivity index (χ3n) is 6.63. The van der Waals surface area contributed by atoms with E-state index in [0.717, 1.165) is 16.7 Å². The second-order valence-corrected chi connectivity index (χ2v) is 24.8. The van der Waals surface area contributed by atoms with Gasteiger partial charge < -0.3 is 0 Å². The molecular weight excluding hydrogens is 533 g/mol. The number of aryl methyl sites for hydroxylation is 3. The fourth-order valence-corrected chi connectivity index (χ4v) is 20.2. The fraction of sp³-hybridized carbons (Fsp3) is 0.679. The number of rotatable bonds is 15. The Morgan fingerprint density at radius 2 is 1.36 bits per heavy atom. The van der Waals surface area contributed by atoms with Gasteiger partial charge in [-0.3, -0.25) is 0 Å². The van der Waals surface area contributed by atoms with E-state index in [0.29, 0.717) is 4.90 Å². The second kappa shape index (κ2) is 14.8.